The molecule has 0 aliphatic rings. The average molecular weight is 533 g/mol. The van der Waals surface area contributed by atoms with E-state index in [0.29, 0.717) is 35.6 Å². The fourth-order valence-corrected chi connectivity index (χ4v) is 5.05. The van der Waals surface area contributed by atoms with Gasteiger partial charge in [0, 0.05) is 25.6 Å². The Balaban J connectivity index is 1.45. The molecule has 0 radical (unpaired) electrons. The van der Waals surface area contributed by atoms with Crippen molar-refractivity contribution in [1.82, 2.24) is 39.3 Å². The molecule has 0 aliphatic heterocycles. The fourth-order valence-electron chi connectivity index (χ4n) is 5.05. The summed E-state index contributed by atoms with van der Waals surface area (Å²) in [7, 11) is 1.67. The van der Waals surface area contributed by atoms with Gasteiger partial charge in [0.15, 0.2) is 17.0 Å². The second-order valence-corrected chi connectivity index (χ2v) is 9.70. The maximum absolute atomic E-state index is 13.9. The summed E-state index contributed by atoms with van der Waals surface area (Å²) in [5.74, 6) is 1.40. The van der Waals surface area contributed by atoms with E-state index in [1.54, 1.807) is 19.2 Å². The zero-order chi connectivity index (χ0) is 27.6. The molecule has 3 aromatic heterocycles. The number of aryl methyl sites for hydroxylation is 2. The Bertz CT molecular complexity index is 1900. The lowest BCUT2D eigenvalue weighted by Crippen LogP contribution is -2.38. The number of rotatable bonds is 8. The average Bonchev–Trinajstić information content (AvgIpc) is 3.65. The van der Waals surface area contributed by atoms with Crippen molar-refractivity contribution >= 4 is 11.2 Å². The molecule has 0 amide bonds. The molecule has 10 heteroatoms. The van der Waals surface area contributed by atoms with Crippen LogP contribution in [0.3, 0.4) is 0 Å². The number of fused-ring (bicyclic) bond motifs is 1. The predicted molar refractivity (Wildman–Crippen MR) is 153 cm³/mol. The van der Waals surface area contributed by atoms with Gasteiger partial charge in [-0.2, -0.15) is 0 Å². The number of tetrazole rings is 1. The Kier molecular flexibility index (Phi) is 6.65. The highest BCUT2D eigenvalue weighted by atomic mass is 16.2. The Morgan fingerprint density at radius 3 is 2.30 bits per heavy atom. The van der Waals surface area contributed by atoms with Gasteiger partial charge in [-0.1, -0.05) is 80.1 Å². The Hall–Kier alpha value is -5.12. The number of hydrogen-bond acceptors (Lipinski definition) is 6. The number of unbranched alkanes of at least 4 members (excludes halogenated alkanes) is 1. The number of H-pyrrole nitrogens is 1. The van der Waals surface area contributed by atoms with E-state index in [9.17, 15) is 9.59 Å². The number of nitrogens with one attached hydrogen (secondary N) is 1. The molecule has 1 N–H and O–H groups in total. The highest BCUT2D eigenvalue weighted by Gasteiger charge is 2.21. The summed E-state index contributed by atoms with van der Waals surface area (Å²) < 4.78 is 4.66. The normalized spacial score (nSPS) is 11.3. The highest BCUT2D eigenvalue weighted by molar-refractivity contribution is 5.80. The minimum Gasteiger partial charge on any atom is -0.318 e. The maximum atomic E-state index is 13.9. The number of hydrogen-bond donors (Lipinski definition) is 1. The van der Waals surface area contributed by atoms with Gasteiger partial charge < -0.3 is 4.57 Å². The van der Waals surface area contributed by atoms with Crippen LogP contribution < -0.4 is 11.2 Å². The fraction of sp³-hybridized carbons (Fsp3) is 0.200. The Morgan fingerprint density at radius 1 is 0.875 bits per heavy atom. The molecule has 0 saturated heterocycles. The Morgan fingerprint density at radius 2 is 1.60 bits per heavy atom. The van der Waals surface area contributed by atoms with Gasteiger partial charge in [0.05, 0.1) is 5.69 Å². The van der Waals surface area contributed by atoms with Crippen LogP contribution in [0, 0.1) is 0 Å². The Labute approximate surface area is 229 Å². The van der Waals surface area contributed by atoms with Crippen LogP contribution in [0.25, 0.3) is 39.4 Å². The van der Waals surface area contributed by atoms with Gasteiger partial charge in [0.2, 0.25) is 0 Å². The summed E-state index contributed by atoms with van der Waals surface area (Å²) in [6.45, 7) is 2.57. The highest BCUT2D eigenvalue weighted by Crippen LogP contribution is 2.30. The van der Waals surface area contributed by atoms with Crippen molar-refractivity contribution in [3.8, 4) is 28.2 Å². The number of benzene rings is 3. The van der Waals surface area contributed by atoms with Gasteiger partial charge in [-0.15, -0.1) is 5.10 Å². The van der Waals surface area contributed by atoms with Crippen LogP contribution in [0.15, 0.2) is 88.5 Å². The standard InChI is InChI=1S/C30H28N8O2/c1-3-4-14-25-31-28-26(29(39)38(30(40)36(28)2)22-10-6-5-7-11-22)37(25)19-20-15-17-21(18-16-20)23-12-8-9-13-24(23)27-32-34-35-33-27/h5-13,15-18H,3-4,14,19H2,1-2H3,(H,32,33,34,35). The molecule has 40 heavy (non-hydrogen) atoms. The third-order valence-corrected chi connectivity index (χ3v) is 7.13. The van der Waals surface area contributed by atoms with Gasteiger partial charge in [-0.05, 0) is 45.7 Å². The molecule has 3 heterocycles. The van der Waals surface area contributed by atoms with E-state index < -0.39 is 5.69 Å². The van der Waals surface area contributed by atoms with Crippen molar-refractivity contribution in [2.24, 2.45) is 7.05 Å². The second kappa shape index (κ2) is 10.6. The van der Waals surface area contributed by atoms with Crippen LogP contribution in [0.5, 0.6) is 0 Å². The second-order valence-electron chi connectivity index (χ2n) is 9.70. The molecule has 0 spiro atoms. The van der Waals surface area contributed by atoms with E-state index in [1.807, 2.05) is 47.0 Å². The largest absolute Gasteiger partial charge is 0.337 e. The maximum Gasteiger partial charge on any atom is 0.337 e. The molecule has 10 nitrogen and oxygen atoms in total. The summed E-state index contributed by atoms with van der Waals surface area (Å²) in [6.07, 6.45) is 2.63. The zero-order valence-corrected chi connectivity index (χ0v) is 22.3. The van der Waals surface area contributed by atoms with E-state index in [0.717, 1.165) is 40.9 Å². The molecule has 0 saturated carbocycles. The van der Waals surface area contributed by atoms with Crippen molar-refractivity contribution < 1.29 is 0 Å². The van der Waals surface area contributed by atoms with E-state index >= 15 is 0 Å². The number of aromatic nitrogens is 8. The number of para-hydroxylation sites is 1. The summed E-state index contributed by atoms with van der Waals surface area (Å²) in [5.41, 5.74) is 4.51. The van der Waals surface area contributed by atoms with Crippen molar-refractivity contribution in [3.63, 3.8) is 0 Å². The molecule has 3 aromatic carbocycles. The van der Waals surface area contributed by atoms with Crippen LogP contribution in [0.4, 0.5) is 0 Å². The zero-order valence-electron chi connectivity index (χ0n) is 22.3. The minimum absolute atomic E-state index is 0.370. The molecule has 200 valence electrons. The number of imidazole rings is 1. The molecule has 0 fully saturated rings. The van der Waals surface area contributed by atoms with Crippen LogP contribution in [0.1, 0.15) is 31.2 Å². The molecule has 0 atom stereocenters. The van der Waals surface area contributed by atoms with Crippen molar-refractivity contribution in [2.45, 2.75) is 32.7 Å². The van der Waals surface area contributed by atoms with E-state index in [-0.39, 0.29) is 5.56 Å². The molecule has 0 bridgehead atoms. The third-order valence-electron chi connectivity index (χ3n) is 7.13. The van der Waals surface area contributed by atoms with Crippen LogP contribution >= 0.6 is 0 Å². The van der Waals surface area contributed by atoms with Crippen molar-refractivity contribution in [1.29, 1.82) is 0 Å². The van der Waals surface area contributed by atoms with Crippen molar-refractivity contribution in [3.05, 3.63) is 111 Å². The third kappa shape index (κ3) is 4.43. The van der Waals surface area contributed by atoms with Gasteiger partial charge in [-0.25, -0.2) is 19.4 Å². The predicted octanol–water partition coefficient (Wildman–Crippen LogP) is 4.12. The first-order chi connectivity index (χ1) is 19.6. The number of nitrogens with zero attached hydrogens (tertiary/aromatic N) is 7. The topological polar surface area (TPSA) is 116 Å². The van der Waals surface area contributed by atoms with Crippen LogP contribution in [0.2, 0.25) is 0 Å². The van der Waals surface area contributed by atoms with Gasteiger partial charge in [-0.3, -0.25) is 9.36 Å². The summed E-state index contributed by atoms with van der Waals surface area (Å²) in [6, 6.07) is 25.2. The minimum atomic E-state index is -0.416. The van der Waals surface area contributed by atoms with Crippen molar-refractivity contribution in [2.75, 3.05) is 0 Å². The van der Waals surface area contributed by atoms with Gasteiger partial charge in [0.25, 0.3) is 5.56 Å². The SMILES string of the molecule is CCCCc1nc2c(c(=O)n(-c3ccccc3)c(=O)n2C)n1Cc1ccc(-c2ccccc2-c2nnn[nH]2)cc1. The first-order valence-corrected chi connectivity index (χ1v) is 13.3. The summed E-state index contributed by atoms with van der Waals surface area (Å²) in [5, 5.41) is 14.3. The first-order valence-electron chi connectivity index (χ1n) is 13.3. The van der Waals surface area contributed by atoms with E-state index in [1.165, 1.54) is 9.13 Å². The lowest BCUT2D eigenvalue weighted by molar-refractivity contribution is 0.687. The van der Waals surface area contributed by atoms with Crippen LogP contribution in [-0.2, 0) is 20.0 Å². The summed E-state index contributed by atoms with van der Waals surface area (Å²) in [4.78, 5) is 31.9. The molecule has 0 unspecified atom stereocenters. The number of aromatic amines is 1. The summed E-state index contributed by atoms with van der Waals surface area (Å²) >= 11 is 0. The monoisotopic (exact) mass is 532 g/mol. The molecular weight excluding hydrogens is 504 g/mol. The molecule has 0 aliphatic carbocycles. The molecule has 6 rings (SSSR count). The van der Waals surface area contributed by atoms with Crippen LogP contribution in [-0.4, -0.2) is 39.3 Å². The first kappa shape index (κ1) is 25.2. The molecule has 6 aromatic rings. The molecular formula is C30H28N8O2. The quantitative estimate of drug-likeness (QED) is 0.315. The lowest BCUT2D eigenvalue weighted by Gasteiger charge is -2.12. The van der Waals surface area contributed by atoms with Gasteiger partial charge in [0.1, 0.15) is 5.82 Å². The lowest BCUT2D eigenvalue weighted by atomic mass is 9.98. The van der Waals surface area contributed by atoms with E-state index in [4.69, 9.17) is 4.98 Å². The smallest absolute Gasteiger partial charge is 0.318 e. The van der Waals surface area contributed by atoms with Gasteiger partial charge >= 0.3 is 5.69 Å². The van der Waals surface area contributed by atoms with E-state index in [2.05, 4.69) is 51.8 Å².